The summed E-state index contributed by atoms with van der Waals surface area (Å²) < 4.78 is 14.5. The van der Waals surface area contributed by atoms with E-state index in [2.05, 4.69) is 20.8 Å². The van der Waals surface area contributed by atoms with Gasteiger partial charge in [0.1, 0.15) is 6.17 Å². The van der Waals surface area contributed by atoms with E-state index in [1.54, 1.807) is 0 Å². The number of alkyl halides is 1. The summed E-state index contributed by atoms with van der Waals surface area (Å²) in [5.41, 5.74) is 0. The second kappa shape index (κ2) is 5.37. The standard InChI is InChI=1S/C18H31F/c1-11(2)18(19)17-15-6-4-5-14(15)16(17)8-7-13-9-12(3)10-13/h11-18H,4-10H2,1-3H3. The van der Waals surface area contributed by atoms with Crippen molar-refractivity contribution in [3.8, 4) is 0 Å². The second-order valence-electron chi connectivity index (χ2n) is 8.21. The van der Waals surface area contributed by atoms with Gasteiger partial charge in [-0.3, -0.25) is 0 Å². The predicted octanol–water partition coefficient (Wildman–Crippen LogP) is 5.47. The average Bonchev–Trinajstić information content (AvgIpc) is 2.71. The lowest BCUT2D eigenvalue weighted by Gasteiger charge is -2.52. The molecule has 5 atom stereocenters. The minimum atomic E-state index is -0.537. The molecule has 0 spiro atoms. The van der Waals surface area contributed by atoms with Crippen molar-refractivity contribution in [2.45, 2.75) is 71.9 Å². The minimum Gasteiger partial charge on any atom is -0.247 e. The van der Waals surface area contributed by atoms with Gasteiger partial charge in [-0.05, 0) is 73.5 Å². The van der Waals surface area contributed by atoms with Crippen LogP contribution in [0.2, 0.25) is 0 Å². The van der Waals surface area contributed by atoms with Gasteiger partial charge in [0, 0.05) is 0 Å². The molecule has 19 heavy (non-hydrogen) atoms. The lowest BCUT2D eigenvalue weighted by molar-refractivity contribution is -0.0730. The lowest BCUT2D eigenvalue weighted by Crippen LogP contribution is -2.50. The third-order valence-electron chi connectivity index (χ3n) is 6.55. The number of hydrogen-bond acceptors (Lipinski definition) is 0. The van der Waals surface area contributed by atoms with E-state index in [-0.39, 0.29) is 5.92 Å². The molecule has 3 fully saturated rings. The first-order valence-electron chi connectivity index (χ1n) is 8.72. The first-order valence-corrected chi connectivity index (χ1v) is 8.72. The van der Waals surface area contributed by atoms with Crippen molar-refractivity contribution >= 4 is 0 Å². The second-order valence-corrected chi connectivity index (χ2v) is 8.21. The molecule has 1 heteroatoms. The molecular formula is C18H31F. The molecule has 3 saturated carbocycles. The van der Waals surface area contributed by atoms with Crippen molar-refractivity contribution in [1.82, 2.24) is 0 Å². The van der Waals surface area contributed by atoms with Gasteiger partial charge in [-0.15, -0.1) is 0 Å². The summed E-state index contributed by atoms with van der Waals surface area (Å²) in [7, 11) is 0. The molecular weight excluding hydrogens is 235 g/mol. The molecule has 0 radical (unpaired) electrons. The van der Waals surface area contributed by atoms with Gasteiger partial charge < -0.3 is 0 Å². The van der Waals surface area contributed by atoms with Crippen molar-refractivity contribution in [3.63, 3.8) is 0 Å². The summed E-state index contributed by atoms with van der Waals surface area (Å²) in [6, 6.07) is 0. The highest BCUT2D eigenvalue weighted by Gasteiger charge is 2.55. The predicted molar refractivity (Wildman–Crippen MR) is 78.7 cm³/mol. The summed E-state index contributed by atoms with van der Waals surface area (Å²) in [5, 5.41) is 0. The van der Waals surface area contributed by atoms with Gasteiger partial charge in [0.15, 0.2) is 0 Å². The van der Waals surface area contributed by atoms with Crippen molar-refractivity contribution in [2.75, 3.05) is 0 Å². The van der Waals surface area contributed by atoms with Crippen molar-refractivity contribution < 1.29 is 4.39 Å². The normalized spacial score (nSPS) is 46.6. The van der Waals surface area contributed by atoms with E-state index in [4.69, 9.17) is 0 Å². The molecule has 0 amide bonds. The average molecular weight is 266 g/mol. The van der Waals surface area contributed by atoms with Gasteiger partial charge in [-0.25, -0.2) is 4.39 Å². The lowest BCUT2D eigenvalue weighted by atomic mass is 9.53. The van der Waals surface area contributed by atoms with Crippen LogP contribution in [0.4, 0.5) is 4.39 Å². The van der Waals surface area contributed by atoms with Crippen LogP contribution in [-0.4, -0.2) is 6.17 Å². The van der Waals surface area contributed by atoms with Gasteiger partial charge in [0.05, 0.1) is 0 Å². The number of halogens is 1. The summed E-state index contributed by atoms with van der Waals surface area (Å²) >= 11 is 0. The maximum absolute atomic E-state index is 14.5. The van der Waals surface area contributed by atoms with Gasteiger partial charge in [0.2, 0.25) is 0 Å². The Hall–Kier alpha value is -0.0700. The van der Waals surface area contributed by atoms with Gasteiger partial charge in [0.25, 0.3) is 0 Å². The quantitative estimate of drug-likeness (QED) is 0.619. The van der Waals surface area contributed by atoms with Crippen LogP contribution < -0.4 is 0 Å². The molecule has 0 aromatic heterocycles. The van der Waals surface area contributed by atoms with Crippen LogP contribution in [0, 0.1) is 41.4 Å². The third-order valence-corrected chi connectivity index (χ3v) is 6.55. The molecule has 0 aromatic rings. The van der Waals surface area contributed by atoms with Gasteiger partial charge in [-0.2, -0.15) is 0 Å². The number of hydrogen-bond donors (Lipinski definition) is 0. The van der Waals surface area contributed by atoms with Crippen LogP contribution in [0.3, 0.4) is 0 Å². The molecule has 3 aliphatic rings. The van der Waals surface area contributed by atoms with Crippen molar-refractivity contribution in [2.24, 2.45) is 41.4 Å². The molecule has 110 valence electrons. The van der Waals surface area contributed by atoms with E-state index in [9.17, 15) is 4.39 Å². The maximum Gasteiger partial charge on any atom is 0.106 e. The molecule has 0 nitrogen and oxygen atoms in total. The molecule has 3 rings (SSSR count). The Morgan fingerprint density at radius 3 is 2.37 bits per heavy atom. The van der Waals surface area contributed by atoms with Crippen LogP contribution >= 0.6 is 0 Å². The largest absolute Gasteiger partial charge is 0.247 e. The Kier molecular flexibility index (Phi) is 3.93. The molecule has 5 unspecified atom stereocenters. The van der Waals surface area contributed by atoms with Crippen LogP contribution in [-0.2, 0) is 0 Å². The third kappa shape index (κ3) is 2.47. The van der Waals surface area contributed by atoms with E-state index in [1.165, 1.54) is 44.9 Å². The Bertz CT molecular complexity index is 303. The Balaban J connectivity index is 1.55. The van der Waals surface area contributed by atoms with Crippen LogP contribution in [0.5, 0.6) is 0 Å². The first-order chi connectivity index (χ1) is 9.08. The van der Waals surface area contributed by atoms with Crippen LogP contribution in [0.15, 0.2) is 0 Å². The molecule has 0 aromatic carbocycles. The fourth-order valence-corrected chi connectivity index (χ4v) is 5.54. The van der Waals surface area contributed by atoms with Gasteiger partial charge in [-0.1, -0.05) is 33.6 Å². The Morgan fingerprint density at radius 1 is 1.05 bits per heavy atom. The zero-order valence-corrected chi connectivity index (χ0v) is 12.9. The topological polar surface area (TPSA) is 0 Å². The Morgan fingerprint density at radius 2 is 1.74 bits per heavy atom. The van der Waals surface area contributed by atoms with Crippen LogP contribution in [0.1, 0.15) is 65.7 Å². The highest BCUT2D eigenvalue weighted by Crippen LogP contribution is 2.60. The molecule has 0 aliphatic heterocycles. The zero-order chi connectivity index (χ0) is 13.6. The molecule has 3 aliphatic carbocycles. The highest BCUT2D eigenvalue weighted by molar-refractivity contribution is 5.03. The molecule has 0 N–H and O–H groups in total. The van der Waals surface area contributed by atoms with Crippen molar-refractivity contribution in [3.05, 3.63) is 0 Å². The monoisotopic (exact) mass is 266 g/mol. The SMILES string of the molecule is CC1CC(CCC2C3CCCC3C2C(F)C(C)C)C1. The summed E-state index contributed by atoms with van der Waals surface area (Å²) in [6.45, 7) is 6.50. The van der Waals surface area contributed by atoms with E-state index in [0.717, 1.165) is 29.6 Å². The number of fused-ring (bicyclic) bond motifs is 1. The minimum absolute atomic E-state index is 0.220. The van der Waals surface area contributed by atoms with Crippen LogP contribution in [0.25, 0.3) is 0 Å². The zero-order valence-electron chi connectivity index (χ0n) is 12.9. The smallest absolute Gasteiger partial charge is 0.106 e. The molecule has 0 bridgehead atoms. The number of rotatable bonds is 5. The summed E-state index contributed by atoms with van der Waals surface area (Å²) in [5.74, 6) is 4.98. The highest BCUT2D eigenvalue weighted by atomic mass is 19.1. The maximum atomic E-state index is 14.5. The van der Waals surface area contributed by atoms with Gasteiger partial charge >= 0.3 is 0 Å². The van der Waals surface area contributed by atoms with E-state index in [1.807, 2.05) is 0 Å². The fourth-order valence-electron chi connectivity index (χ4n) is 5.54. The summed E-state index contributed by atoms with van der Waals surface area (Å²) in [4.78, 5) is 0. The van der Waals surface area contributed by atoms with E-state index < -0.39 is 6.17 Å². The molecule has 0 saturated heterocycles. The fraction of sp³-hybridized carbons (Fsp3) is 1.00. The first kappa shape index (κ1) is 13.9. The van der Waals surface area contributed by atoms with E-state index in [0.29, 0.717) is 5.92 Å². The summed E-state index contributed by atoms with van der Waals surface area (Å²) in [6.07, 6.45) is 9.15. The molecule has 0 heterocycles. The Labute approximate surface area is 118 Å². The van der Waals surface area contributed by atoms with E-state index >= 15 is 0 Å². The van der Waals surface area contributed by atoms with Crippen molar-refractivity contribution in [1.29, 1.82) is 0 Å².